The Morgan fingerprint density at radius 3 is 2.85 bits per heavy atom. The number of piperidine rings is 1. The Balaban J connectivity index is 2.08. The Morgan fingerprint density at radius 2 is 2.10 bits per heavy atom. The van der Waals surface area contributed by atoms with E-state index in [1.165, 1.54) is 5.69 Å². The fraction of sp³-hybridized carbons (Fsp3) is 0.400. The van der Waals surface area contributed by atoms with E-state index in [0.29, 0.717) is 0 Å². The normalized spacial score (nSPS) is 18.1. The van der Waals surface area contributed by atoms with Gasteiger partial charge in [0.15, 0.2) is 0 Å². The van der Waals surface area contributed by atoms with Crippen LogP contribution in [0.5, 0.6) is 0 Å². The van der Waals surface area contributed by atoms with Crippen LogP contribution < -0.4 is 5.32 Å². The summed E-state index contributed by atoms with van der Waals surface area (Å²) in [7, 11) is 0. The molecule has 1 aliphatic rings. The third-order valence-corrected chi connectivity index (χ3v) is 5.53. The summed E-state index contributed by atoms with van der Waals surface area (Å²) in [5.74, 6) is 0. The van der Waals surface area contributed by atoms with E-state index in [2.05, 4.69) is 43.8 Å². The number of hydrogen-bond donors (Lipinski definition) is 1. The second-order valence-electron chi connectivity index (χ2n) is 5.53. The summed E-state index contributed by atoms with van der Waals surface area (Å²) in [4.78, 5) is 4.37. The van der Waals surface area contributed by atoms with Crippen LogP contribution in [0.3, 0.4) is 0 Å². The molecule has 0 radical (unpaired) electrons. The largest absolute Gasteiger partial charge is 0.317 e. The first-order chi connectivity index (χ1) is 9.62. The van der Waals surface area contributed by atoms with Crippen LogP contribution in [0.25, 0.3) is 5.69 Å². The highest BCUT2D eigenvalue weighted by atomic mass is 79.9. The Morgan fingerprint density at radius 1 is 1.35 bits per heavy atom. The van der Waals surface area contributed by atoms with Gasteiger partial charge in [0.2, 0.25) is 0 Å². The smallest absolute Gasteiger partial charge is 0.0994 e. The molecule has 1 aromatic heterocycles. The van der Waals surface area contributed by atoms with Crippen molar-refractivity contribution in [1.82, 2.24) is 14.9 Å². The molecule has 1 aromatic carbocycles. The molecule has 1 N–H and O–H groups in total. The number of nitrogens with zero attached hydrogens (tertiary/aromatic N) is 2. The van der Waals surface area contributed by atoms with E-state index in [9.17, 15) is 0 Å². The van der Waals surface area contributed by atoms with E-state index in [1.807, 2.05) is 24.7 Å². The number of imidazole rings is 1. The van der Waals surface area contributed by atoms with Crippen LogP contribution in [-0.4, -0.2) is 22.6 Å². The van der Waals surface area contributed by atoms with E-state index < -0.39 is 0 Å². The van der Waals surface area contributed by atoms with Crippen LogP contribution in [0.1, 0.15) is 25.5 Å². The van der Waals surface area contributed by atoms with Crippen molar-refractivity contribution in [2.75, 3.05) is 13.1 Å². The van der Waals surface area contributed by atoms with E-state index in [0.717, 1.165) is 41.1 Å². The van der Waals surface area contributed by atoms with Crippen molar-refractivity contribution in [1.29, 1.82) is 0 Å². The van der Waals surface area contributed by atoms with Crippen LogP contribution in [0.2, 0.25) is 5.02 Å². The quantitative estimate of drug-likeness (QED) is 0.885. The zero-order chi connectivity index (χ0) is 14.2. The summed E-state index contributed by atoms with van der Waals surface area (Å²) < 4.78 is 3.07. The highest BCUT2D eigenvalue weighted by Crippen LogP contribution is 2.36. The van der Waals surface area contributed by atoms with Crippen molar-refractivity contribution in [2.24, 2.45) is 0 Å². The SMILES string of the molecule is CC1(c2cncn2-c2cccc(Cl)c2Br)CCNCC1. The number of nitrogens with one attached hydrogen (secondary N) is 1. The molecular formula is C15H17BrClN3. The molecule has 3 rings (SSSR count). The van der Waals surface area contributed by atoms with Gasteiger partial charge in [-0.3, -0.25) is 0 Å². The summed E-state index contributed by atoms with van der Waals surface area (Å²) in [6, 6.07) is 5.92. The molecule has 2 aromatic rings. The number of hydrogen-bond acceptors (Lipinski definition) is 2. The molecule has 0 bridgehead atoms. The van der Waals surface area contributed by atoms with Gasteiger partial charge in [-0.05, 0) is 54.0 Å². The lowest BCUT2D eigenvalue weighted by molar-refractivity contribution is 0.324. The van der Waals surface area contributed by atoms with Crippen LogP contribution >= 0.6 is 27.5 Å². The van der Waals surface area contributed by atoms with Gasteiger partial charge < -0.3 is 9.88 Å². The fourth-order valence-corrected chi connectivity index (χ4v) is 3.47. The number of aromatic nitrogens is 2. The molecule has 0 aliphatic carbocycles. The minimum atomic E-state index is 0.156. The van der Waals surface area contributed by atoms with Gasteiger partial charge in [0, 0.05) is 17.3 Å². The van der Waals surface area contributed by atoms with Gasteiger partial charge in [-0.15, -0.1) is 0 Å². The number of benzene rings is 1. The maximum atomic E-state index is 6.21. The minimum absolute atomic E-state index is 0.156. The van der Waals surface area contributed by atoms with Crippen molar-refractivity contribution in [3.8, 4) is 5.69 Å². The monoisotopic (exact) mass is 353 g/mol. The molecule has 0 atom stereocenters. The average molecular weight is 355 g/mol. The first-order valence-corrected chi connectivity index (χ1v) is 7.97. The van der Waals surface area contributed by atoms with Crippen molar-refractivity contribution in [3.05, 3.63) is 45.9 Å². The lowest BCUT2D eigenvalue weighted by Crippen LogP contribution is -2.38. The second kappa shape index (κ2) is 5.51. The average Bonchev–Trinajstić information content (AvgIpc) is 2.93. The van der Waals surface area contributed by atoms with Crippen LogP contribution in [0.4, 0.5) is 0 Å². The van der Waals surface area contributed by atoms with Crippen molar-refractivity contribution < 1.29 is 0 Å². The zero-order valence-electron chi connectivity index (χ0n) is 11.4. The van der Waals surface area contributed by atoms with E-state index in [-0.39, 0.29) is 5.41 Å². The maximum absolute atomic E-state index is 6.21. The minimum Gasteiger partial charge on any atom is -0.317 e. The number of rotatable bonds is 2. The van der Waals surface area contributed by atoms with Gasteiger partial charge in [0.05, 0.1) is 21.5 Å². The van der Waals surface area contributed by atoms with Crippen molar-refractivity contribution >= 4 is 27.5 Å². The molecule has 0 amide bonds. The molecule has 1 saturated heterocycles. The Bertz CT molecular complexity index is 617. The van der Waals surface area contributed by atoms with Crippen LogP contribution in [-0.2, 0) is 5.41 Å². The predicted molar refractivity (Wildman–Crippen MR) is 85.7 cm³/mol. The highest BCUT2D eigenvalue weighted by Gasteiger charge is 2.32. The van der Waals surface area contributed by atoms with Gasteiger partial charge in [-0.2, -0.15) is 0 Å². The summed E-state index contributed by atoms with van der Waals surface area (Å²) >= 11 is 9.80. The van der Waals surface area contributed by atoms with Gasteiger partial charge in [-0.1, -0.05) is 24.6 Å². The van der Waals surface area contributed by atoms with Crippen molar-refractivity contribution in [2.45, 2.75) is 25.2 Å². The summed E-state index contributed by atoms with van der Waals surface area (Å²) in [5, 5.41) is 4.14. The lowest BCUT2D eigenvalue weighted by Gasteiger charge is -2.34. The van der Waals surface area contributed by atoms with Crippen molar-refractivity contribution in [3.63, 3.8) is 0 Å². The Hall–Kier alpha value is -0.840. The second-order valence-corrected chi connectivity index (χ2v) is 6.73. The number of halogens is 2. The molecule has 1 aliphatic heterocycles. The molecule has 0 spiro atoms. The Labute approximate surface area is 132 Å². The van der Waals surface area contributed by atoms with Gasteiger partial charge in [0.1, 0.15) is 0 Å². The standard InChI is InChI=1S/C15H17BrClN3/c1-15(5-7-18-8-6-15)13-9-19-10-20(13)12-4-2-3-11(17)14(12)16/h2-4,9-10,18H,5-8H2,1H3. The zero-order valence-corrected chi connectivity index (χ0v) is 13.7. The molecule has 0 saturated carbocycles. The summed E-state index contributed by atoms with van der Waals surface area (Å²) in [6.45, 7) is 4.43. The van der Waals surface area contributed by atoms with E-state index >= 15 is 0 Å². The first-order valence-electron chi connectivity index (χ1n) is 6.80. The molecule has 20 heavy (non-hydrogen) atoms. The molecule has 5 heteroatoms. The van der Waals surface area contributed by atoms with Crippen LogP contribution in [0.15, 0.2) is 35.2 Å². The van der Waals surface area contributed by atoms with Gasteiger partial charge in [0.25, 0.3) is 0 Å². The molecule has 0 unspecified atom stereocenters. The molecule has 3 nitrogen and oxygen atoms in total. The maximum Gasteiger partial charge on any atom is 0.0994 e. The molecule has 2 heterocycles. The third-order valence-electron chi connectivity index (χ3n) is 4.15. The third kappa shape index (κ3) is 2.41. The summed E-state index contributed by atoms with van der Waals surface area (Å²) in [6.07, 6.45) is 6.10. The summed E-state index contributed by atoms with van der Waals surface area (Å²) in [5.41, 5.74) is 2.45. The predicted octanol–water partition coefficient (Wildman–Crippen LogP) is 3.93. The first kappa shape index (κ1) is 14.1. The van der Waals surface area contributed by atoms with E-state index in [1.54, 1.807) is 0 Å². The molecule has 1 fully saturated rings. The highest BCUT2D eigenvalue weighted by molar-refractivity contribution is 9.10. The molecule has 106 valence electrons. The fourth-order valence-electron chi connectivity index (χ4n) is 2.85. The van der Waals surface area contributed by atoms with Gasteiger partial charge >= 0.3 is 0 Å². The molecular weight excluding hydrogens is 338 g/mol. The Kier molecular flexibility index (Phi) is 3.89. The lowest BCUT2D eigenvalue weighted by atomic mass is 9.78. The topological polar surface area (TPSA) is 29.9 Å². The van der Waals surface area contributed by atoms with Gasteiger partial charge in [-0.25, -0.2) is 4.98 Å². The van der Waals surface area contributed by atoms with E-state index in [4.69, 9.17) is 11.6 Å². The van der Waals surface area contributed by atoms with Crippen LogP contribution in [0, 0.1) is 0 Å².